The molecule has 0 aromatic rings. The van der Waals surface area contributed by atoms with Crippen LogP contribution in [0.3, 0.4) is 0 Å². The number of carbonyl (C=O) groups is 2. The molecule has 2 N–H and O–H groups in total. The van der Waals surface area contributed by atoms with E-state index in [0.29, 0.717) is 22.0 Å². The molecule has 21 heavy (non-hydrogen) atoms. The standard InChI is InChI=1S/C15H30N2O2S2/c1-12(2)20-10-14(18)16-8-6-5-7-9-17-15(19)11-21-13(3)4/h12-13H,5-11H2,1-4H3,(H,16,18)(H,17,19). The summed E-state index contributed by atoms with van der Waals surface area (Å²) < 4.78 is 0. The van der Waals surface area contributed by atoms with Crippen LogP contribution in [0.1, 0.15) is 47.0 Å². The van der Waals surface area contributed by atoms with Crippen molar-refractivity contribution in [3.63, 3.8) is 0 Å². The Hall–Kier alpha value is -0.360. The van der Waals surface area contributed by atoms with E-state index in [9.17, 15) is 9.59 Å². The molecule has 0 aromatic heterocycles. The van der Waals surface area contributed by atoms with Gasteiger partial charge in [-0.25, -0.2) is 0 Å². The first kappa shape index (κ1) is 20.6. The van der Waals surface area contributed by atoms with Crippen molar-refractivity contribution in [1.29, 1.82) is 0 Å². The molecule has 0 aliphatic carbocycles. The Bertz CT molecular complexity index is 269. The molecular weight excluding hydrogens is 304 g/mol. The highest BCUT2D eigenvalue weighted by molar-refractivity contribution is 8.00. The molecule has 0 bridgehead atoms. The van der Waals surface area contributed by atoms with Crippen LogP contribution in [0.15, 0.2) is 0 Å². The zero-order valence-corrected chi connectivity index (χ0v) is 15.4. The number of thioether (sulfide) groups is 2. The zero-order chi connectivity index (χ0) is 16.1. The van der Waals surface area contributed by atoms with Gasteiger partial charge in [-0.3, -0.25) is 9.59 Å². The molecule has 0 aliphatic rings. The average molecular weight is 335 g/mol. The molecule has 0 fully saturated rings. The summed E-state index contributed by atoms with van der Waals surface area (Å²) >= 11 is 3.32. The minimum Gasteiger partial charge on any atom is -0.355 e. The number of nitrogens with one attached hydrogen (secondary N) is 2. The van der Waals surface area contributed by atoms with Gasteiger partial charge in [0.15, 0.2) is 0 Å². The molecule has 0 unspecified atom stereocenters. The van der Waals surface area contributed by atoms with Crippen molar-refractivity contribution in [1.82, 2.24) is 10.6 Å². The van der Waals surface area contributed by atoms with Gasteiger partial charge in [-0.05, 0) is 29.8 Å². The topological polar surface area (TPSA) is 58.2 Å². The normalized spacial score (nSPS) is 11.0. The molecule has 6 heteroatoms. The fraction of sp³-hybridized carbons (Fsp3) is 0.867. The third-order valence-electron chi connectivity index (χ3n) is 2.59. The molecular formula is C15H30N2O2S2. The summed E-state index contributed by atoms with van der Waals surface area (Å²) in [6.45, 7) is 9.82. The van der Waals surface area contributed by atoms with E-state index in [1.165, 1.54) is 0 Å². The molecule has 124 valence electrons. The van der Waals surface area contributed by atoms with Crippen LogP contribution in [0.25, 0.3) is 0 Å². The summed E-state index contributed by atoms with van der Waals surface area (Å²) in [5.74, 6) is 1.32. The second kappa shape index (κ2) is 13.3. The molecule has 0 heterocycles. The lowest BCUT2D eigenvalue weighted by Crippen LogP contribution is -2.28. The summed E-state index contributed by atoms with van der Waals surface area (Å²) in [6.07, 6.45) is 2.96. The van der Waals surface area contributed by atoms with Crippen molar-refractivity contribution < 1.29 is 9.59 Å². The van der Waals surface area contributed by atoms with Crippen LogP contribution in [-0.2, 0) is 9.59 Å². The number of amides is 2. The lowest BCUT2D eigenvalue weighted by atomic mass is 10.2. The van der Waals surface area contributed by atoms with Crippen LogP contribution in [0.2, 0.25) is 0 Å². The van der Waals surface area contributed by atoms with Gasteiger partial charge in [0.1, 0.15) is 0 Å². The van der Waals surface area contributed by atoms with Gasteiger partial charge in [-0.15, -0.1) is 23.5 Å². The summed E-state index contributed by atoms with van der Waals surface area (Å²) in [5.41, 5.74) is 0. The molecule has 0 aliphatic heterocycles. The Morgan fingerprint density at radius 3 is 1.48 bits per heavy atom. The third-order valence-corrected chi connectivity index (χ3v) is 4.78. The van der Waals surface area contributed by atoms with E-state index in [4.69, 9.17) is 0 Å². The highest BCUT2D eigenvalue weighted by Crippen LogP contribution is 2.08. The highest BCUT2D eigenvalue weighted by Gasteiger charge is 2.04. The Balaban J connectivity index is 3.32. The average Bonchev–Trinajstić information content (AvgIpc) is 2.41. The van der Waals surface area contributed by atoms with E-state index in [0.717, 1.165) is 32.4 Å². The van der Waals surface area contributed by atoms with Gasteiger partial charge >= 0.3 is 0 Å². The van der Waals surface area contributed by atoms with E-state index in [1.54, 1.807) is 23.5 Å². The van der Waals surface area contributed by atoms with E-state index >= 15 is 0 Å². The van der Waals surface area contributed by atoms with E-state index < -0.39 is 0 Å². The molecule has 0 rings (SSSR count). The SMILES string of the molecule is CC(C)SCC(=O)NCCCCCNC(=O)CSC(C)C. The monoisotopic (exact) mass is 334 g/mol. The van der Waals surface area contributed by atoms with Crippen LogP contribution in [-0.4, -0.2) is 46.9 Å². The number of carbonyl (C=O) groups excluding carboxylic acids is 2. The first-order chi connectivity index (χ1) is 9.91. The molecule has 2 amide bonds. The Kier molecular flexibility index (Phi) is 13.1. The maximum atomic E-state index is 11.5. The lowest BCUT2D eigenvalue weighted by Gasteiger charge is -2.08. The Labute approximate surface area is 138 Å². The molecule has 0 saturated heterocycles. The fourth-order valence-corrected chi connectivity index (χ4v) is 2.64. The maximum Gasteiger partial charge on any atom is 0.230 e. The second-order valence-corrected chi connectivity index (χ2v) is 8.61. The number of unbranched alkanes of at least 4 members (excludes halogenated alkanes) is 2. The minimum atomic E-state index is 0.118. The minimum absolute atomic E-state index is 0.118. The summed E-state index contributed by atoms with van der Waals surface area (Å²) in [5, 5.41) is 6.83. The summed E-state index contributed by atoms with van der Waals surface area (Å²) in [7, 11) is 0. The van der Waals surface area contributed by atoms with Crippen LogP contribution in [0.5, 0.6) is 0 Å². The zero-order valence-electron chi connectivity index (χ0n) is 13.7. The summed E-state index contributed by atoms with van der Waals surface area (Å²) in [4.78, 5) is 22.9. The van der Waals surface area contributed by atoms with Crippen molar-refractivity contribution in [3.05, 3.63) is 0 Å². The second-order valence-electron chi connectivity index (χ2n) is 5.48. The first-order valence-electron chi connectivity index (χ1n) is 7.68. The molecule has 4 nitrogen and oxygen atoms in total. The van der Waals surface area contributed by atoms with Gasteiger partial charge in [0.2, 0.25) is 11.8 Å². The van der Waals surface area contributed by atoms with E-state index in [1.807, 2.05) is 0 Å². The van der Waals surface area contributed by atoms with Gasteiger partial charge < -0.3 is 10.6 Å². The van der Waals surface area contributed by atoms with Crippen molar-refractivity contribution >= 4 is 35.3 Å². The van der Waals surface area contributed by atoms with Crippen molar-refractivity contribution in [3.8, 4) is 0 Å². The van der Waals surface area contributed by atoms with Crippen molar-refractivity contribution in [2.45, 2.75) is 57.5 Å². The fourth-order valence-electron chi connectivity index (χ4n) is 1.47. The summed E-state index contributed by atoms with van der Waals surface area (Å²) in [6, 6.07) is 0. The quantitative estimate of drug-likeness (QED) is 0.539. The van der Waals surface area contributed by atoms with Crippen LogP contribution < -0.4 is 10.6 Å². The van der Waals surface area contributed by atoms with Gasteiger partial charge in [0, 0.05) is 13.1 Å². The number of rotatable bonds is 12. The smallest absolute Gasteiger partial charge is 0.230 e. The number of hydrogen-bond acceptors (Lipinski definition) is 4. The molecule has 0 radical (unpaired) electrons. The molecule has 0 aromatic carbocycles. The third kappa shape index (κ3) is 15.8. The van der Waals surface area contributed by atoms with Crippen LogP contribution in [0, 0.1) is 0 Å². The van der Waals surface area contributed by atoms with Gasteiger partial charge in [-0.1, -0.05) is 27.7 Å². The Morgan fingerprint density at radius 1 is 0.762 bits per heavy atom. The van der Waals surface area contributed by atoms with Crippen LogP contribution >= 0.6 is 23.5 Å². The molecule has 0 spiro atoms. The largest absolute Gasteiger partial charge is 0.355 e. The maximum absolute atomic E-state index is 11.5. The van der Waals surface area contributed by atoms with Gasteiger partial charge in [0.05, 0.1) is 11.5 Å². The Morgan fingerprint density at radius 2 is 1.14 bits per heavy atom. The predicted octanol–water partition coefficient (Wildman–Crippen LogP) is 2.67. The van der Waals surface area contributed by atoms with E-state index in [2.05, 4.69) is 38.3 Å². The first-order valence-corrected chi connectivity index (χ1v) is 9.78. The van der Waals surface area contributed by atoms with Gasteiger partial charge in [-0.2, -0.15) is 0 Å². The highest BCUT2D eigenvalue weighted by atomic mass is 32.2. The molecule has 0 atom stereocenters. The van der Waals surface area contributed by atoms with Crippen molar-refractivity contribution in [2.75, 3.05) is 24.6 Å². The van der Waals surface area contributed by atoms with E-state index in [-0.39, 0.29) is 11.8 Å². The van der Waals surface area contributed by atoms with Crippen molar-refractivity contribution in [2.24, 2.45) is 0 Å². The number of hydrogen-bond donors (Lipinski definition) is 2. The van der Waals surface area contributed by atoms with Crippen LogP contribution in [0.4, 0.5) is 0 Å². The predicted molar refractivity (Wildman–Crippen MR) is 95.1 cm³/mol. The lowest BCUT2D eigenvalue weighted by molar-refractivity contribution is -0.119. The molecule has 0 saturated carbocycles. The van der Waals surface area contributed by atoms with Gasteiger partial charge in [0.25, 0.3) is 0 Å².